The Morgan fingerprint density at radius 1 is 0.757 bits per heavy atom. The fourth-order valence-corrected chi connectivity index (χ4v) is 9.05. The van der Waals surface area contributed by atoms with Crippen LogP contribution in [0.15, 0.2) is 0 Å². The molecule has 4 N–H and O–H groups in total. The molecule has 0 aromatic carbocycles. The number of piperidine rings is 1. The van der Waals surface area contributed by atoms with Gasteiger partial charge in [-0.3, -0.25) is 25.9 Å². The van der Waals surface area contributed by atoms with Crippen LogP contribution in [0, 0.1) is 17.8 Å². The van der Waals surface area contributed by atoms with Crippen LogP contribution in [-0.2, 0) is 0 Å². The van der Waals surface area contributed by atoms with Crippen molar-refractivity contribution in [3.63, 3.8) is 0 Å². The van der Waals surface area contributed by atoms with Gasteiger partial charge >= 0.3 is 0 Å². The van der Waals surface area contributed by atoms with E-state index >= 15 is 0 Å². The number of fused-ring (bicyclic) bond motifs is 7. The molecule has 6 aliphatic rings. The maximum atomic E-state index is 4.11. The summed E-state index contributed by atoms with van der Waals surface area (Å²) in [4.78, 5) is 8.21. The summed E-state index contributed by atoms with van der Waals surface area (Å²) in [6, 6.07) is 4.03. The number of hydrazine groups is 1. The largest absolute Gasteiger partial charge is 0.311 e. The first-order valence-corrected chi connectivity index (χ1v) is 15.8. The number of nitrogens with zero attached hydrogens (tertiary/aromatic N) is 4. The minimum Gasteiger partial charge on any atom is -0.311 e. The Hall–Kier alpha value is -0.320. The standard InChI is InChI=1S/C29H56N8/c1-20-6-5-7-27-24(18-31-35(27)4)26-15-22(14-21(2)32-26)17-30-29-33-25-9-8-23(16-28(25)37(29)19-20)36-12-10-34(3)11-13-36/h20-33H,5-19H2,1-4H3/t20-,21?,22?,23?,24?,25?,26?,27?,28?,29?/m1/s1. The quantitative estimate of drug-likeness (QED) is 0.416. The van der Waals surface area contributed by atoms with Crippen molar-refractivity contribution in [3.05, 3.63) is 0 Å². The third-order valence-corrected chi connectivity index (χ3v) is 11.1. The molecule has 0 aromatic rings. The van der Waals surface area contributed by atoms with Gasteiger partial charge in [-0.2, -0.15) is 0 Å². The molecule has 1 saturated carbocycles. The van der Waals surface area contributed by atoms with Gasteiger partial charge in [0.1, 0.15) is 6.29 Å². The van der Waals surface area contributed by atoms with E-state index in [4.69, 9.17) is 0 Å². The Morgan fingerprint density at radius 3 is 2.43 bits per heavy atom. The third kappa shape index (κ3) is 5.92. The van der Waals surface area contributed by atoms with E-state index in [1.54, 1.807) is 0 Å². The lowest BCUT2D eigenvalue weighted by Crippen LogP contribution is -2.56. The van der Waals surface area contributed by atoms with Crippen LogP contribution in [0.1, 0.15) is 65.2 Å². The number of hydrogen-bond donors (Lipinski definition) is 4. The maximum Gasteiger partial charge on any atom is 0.115 e. The number of hydrogen-bond acceptors (Lipinski definition) is 8. The SMILES string of the molecule is CC1CC2CNC3NC4CCC(N5CCN(C)CC5)CC4N3C[C@H](C)CCCC3C(CNN3C)C(C2)N1. The summed E-state index contributed by atoms with van der Waals surface area (Å²) in [6.45, 7) is 13.4. The van der Waals surface area contributed by atoms with Crippen molar-refractivity contribution in [2.75, 3.05) is 59.9 Å². The second kappa shape index (κ2) is 11.7. The smallest absolute Gasteiger partial charge is 0.115 e. The van der Waals surface area contributed by atoms with Crippen LogP contribution in [0.3, 0.4) is 0 Å². The summed E-state index contributed by atoms with van der Waals surface area (Å²) in [5.41, 5.74) is 3.69. The van der Waals surface area contributed by atoms with Gasteiger partial charge < -0.3 is 10.2 Å². The van der Waals surface area contributed by atoms with Crippen LogP contribution in [-0.4, -0.2) is 122 Å². The second-order valence-electron chi connectivity index (χ2n) is 13.9. The number of piperazine rings is 1. The van der Waals surface area contributed by atoms with Crippen LogP contribution in [0.4, 0.5) is 0 Å². The molecule has 6 fully saturated rings. The lowest BCUT2D eigenvalue weighted by Gasteiger charge is -2.44. The van der Waals surface area contributed by atoms with Crippen molar-refractivity contribution >= 4 is 0 Å². The molecule has 9 unspecified atom stereocenters. The average molecular weight is 517 g/mol. The van der Waals surface area contributed by atoms with E-state index < -0.39 is 0 Å². The monoisotopic (exact) mass is 516 g/mol. The first kappa shape index (κ1) is 26.9. The lowest BCUT2D eigenvalue weighted by molar-refractivity contribution is 0.0508. The van der Waals surface area contributed by atoms with Gasteiger partial charge in [0.2, 0.25) is 0 Å². The van der Waals surface area contributed by atoms with Gasteiger partial charge in [-0.15, -0.1) is 0 Å². The van der Waals surface area contributed by atoms with Crippen LogP contribution in [0.25, 0.3) is 0 Å². The Morgan fingerprint density at radius 2 is 1.59 bits per heavy atom. The van der Waals surface area contributed by atoms with Gasteiger partial charge in [-0.1, -0.05) is 13.3 Å². The van der Waals surface area contributed by atoms with E-state index in [1.165, 1.54) is 84.1 Å². The van der Waals surface area contributed by atoms with Gasteiger partial charge in [0.25, 0.3) is 0 Å². The van der Waals surface area contributed by atoms with Crippen molar-refractivity contribution in [2.45, 2.75) is 108 Å². The highest BCUT2D eigenvalue weighted by atomic mass is 15.5. The third-order valence-electron chi connectivity index (χ3n) is 11.1. The molecule has 0 aromatic heterocycles. The Balaban J connectivity index is 1.16. The Bertz CT molecular complexity index is 743. The van der Waals surface area contributed by atoms with Crippen molar-refractivity contribution in [3.8, 4) is 0 Å². The molecule has 37 heavy (non-hydrogen) atoms. The topological polar surface area (TPSA) is 61.1 Å². The van der Waals surface area contributed by atoms with Gasteiger partial charge in [0.05, 0.1) is 0 Å². The molecule has 8 heteroatoms. The number of likely N-dealkylation sites (N-methyl/N-ethyl adjacent to an activating group) is 1. The molecular weight excluding hydrogens is 460 g/mol. The molecule has 0 amide bonds. The summed E-state index contributed by atoms with van der Waals surface area (Å²) >= 11 is 0. The summed E-state index contributed by atoms with van der Waals surface area (Å²) in [5, 5.41) is 14.7. The highest BCUT2D eigenvalue weighted by Gasteiger charge is 2.46. The van der Waals surface area contributed by atoms with Crippen molar-refractivity contribution < 1.29 is 0 Å². The number of rotatable bonds is 1. The zero-order chi connectivity index (χ0) is 25.5. The summed E-state index contributed by atoms with van der Waals surface area (Å²) in [7, 11) is 4.56. The molecule has 8 nitrogen and oxygen atoms in total. The lowest BCUT2D eigenvalue weighted by atomic mass is 9.79. The predicted octanol–water partition coefficient (Wildman–Crippen LogP) is 1.31. The Labute approximate surface area is 226 Å². The molecule has 10 atom stereocenters. The van der Waals surface area contributed by atoms with Gasteiger partial charge in [-0.25, -0.2) is 5.01 Å². The van der Waals surface area contributed by atoms with Gasteiger partial charge in [0.15, 0.2) is 0 Å². The summed E-state index contributed by atoms with van der Waals surface area (Å²) < 4.78 is 0. The maximum absolute atomic E-state index is 4.11. The second-order valence-corrected chi connectivity index (χ2v) is 13.9. The first-order valence-electron chi connectivity index (χ1n) is 15.8. The molecule has 0 radical (unpaired) electrons. The normalized spacial score (nSPS) is 47.7. The van der Waals surface area contributed by atoms with E-state index in [9.17, 15) is 0 Å². The number of nitrogens with one attached hydrogen (secondary N) is 4. The fourth-order valence-electron chi connectivity index (χ4n) is 9.05. The average Bonchev–Trinajstić information content (AvgIpc) is 3.42. The first-order chi connectivity index (χ1) is 17.9. The van der Waals surface area contributed by atoms with Gasteiger partial charge in [-0.05, 0) is 70.8 Å². The zero-order valence-corrected chi connectivity index (χ0v) is 24.2. The predicted molar refractivity (Wildman–Crippen MR) is 151 cm³/mol. The van der Waals surface area contributed by atoms with Crippen LogP contribution >= 0.6 is 0 Å². The highest BCUT2D eigenvalue weighted by Crippen LogP contribution is 2.35. The molecule has 212 valence electrons. The molecule has 0 spiro atoms. The minimum absolute atomic E-state index is 0.349. The van der Waals surface area contributed by atoms with E-state index in [-0.39, 0.29) is 0 Å². The molecule has 5 aliphatic heterocycles. The van der Waals surface area contributed by atoms with E-state index in [2.05, 4.69) is 69.0 Å². The van der Waals surface area contributed by atoms with Crippen LogP contribution in [0.5, 0.6) is 0 Å². The van der Waals surface area contributed by atoms with E-state index in [0.29, 0.717) is 36.5 Å². The molecule has 2 bridgehead atoms. The molecular formula is C29H56N8. The molecule has 5 saturated heterocycles. The van der Waals surface area contributed by atoms with E-state index in [0.717, 1.165) is 36.9 Å². The fraction of sp³-hybridized carbons (Fsp3) is 1.00. The van der Waals surface area contributed by atoms with Crippen molar-refractivity contribution in [2.24, 2.45) is 17.8 Å². The highest BCUT2D eigenvalue weighted by molar-refractivity contribution is 5.03. The zero-order valence-electron chi connectivity index (χ0n) is 24.2. The molecule has 5 heterocycles. The van der Waals surface area contributed by atoms with Crippen LogP contribution < -0.4 is 21.4 Å². The van der Waals surface area contributed by atoms with Crippen LogP contribution in [0.2, 0.25) is 0 Å². The molecule has 1 aliphatic carbocycles. The van der Waals surface area contributed by atoms with Crippen molar-refractivity contribution in [1.82, 2.24) is 41.1 Å². The van der Waals surface area contributed by atoms with E-state index in [1.807, 2.05) is 0 Å². The van der Waals surface area contributed by atoms with Gasteiger partial charge in [0, 0.05) is 95.0 Å². The summed E-state index contributed by atoms with van der Waals surface area (Å²) in [6.07, 6.45) is 11.0. The van der Waals surface area contributed by atoms with Crippen molar-refractivity contribution in [1.29, 1.82) is 0 Å². The molecule has 6 rings (SSSR count). The minimum atomic E-state index is 0.349. The Kier molecular flexibility index (Phi) is 8.47. The summed E-state index contributed by atoms with van der Waals surface area (Å²) in [5.74, 6) is 2.23.